The van der Waals surface area contributed by atoms with Crippen LogP contribution in [0, 0.1) is 0 Å². The minimum Gasteiger partial charge on any atom is -0.435 e. The number of carbonyl (C=O) groups is 1. The summed E-state index contributed by atoms with van der Waals surface area (Å²) in [4.78, 5) is 11.7. The van der Waals surface area contributed by atoms with Crippen LogP contribution < -0.4 is 10.1 Å². The minimum atomic E-state index is -4.49. The van der Waals surface area contributed by atoms with Crippen molar-refractivity contribution in [2.45, 2.75) is 38.1 Å². The number of nitrogens with one attached hydrogen (secondary N) is 1. The molecule has 24 heavy (non-hydrogen) atoms. The van der Waals surface area contributed by atoms with Crippen molar-refractivity contribution in [3.8, 4) is 5.75 Å². The third kappa shape index (κ3) is 5.63. The Labute approximate surface area is 134 Å². The van der Waals surface area contributed by atoms with Gasteiger partial charge in [-0.15, -0.1) is 0 Å². The van der Waals surface area contributed by atoms with Crippen molar-refractivity contribution in [2.75, 3.05) is 13.2 Å². The van der Waals surface area contributed by atoms with E-state index in [4.69, 9.17) is 0 Å². The molecule has 0 aliphatic heterocycles. The first kappa shape index (κ1) is 18.4. The number of ether oxygens (including phenoxy) is 2. The van der Waals surface area contributed by atoms with Crippen LogP contribution in [0.25, 0.3) is 0 Å². The first-order chi connectivity index (χ1) is 11.2. The van der Waals surface area contributed by atoms with Gasteiger partial charge in [0.25, 0.3) is 0 Å². The molecule has 4 nitrogen and oxygen atoms in total. The zero-order valence-corrected chi connectivity index (χ0v) is 12.5. The van der Waals surface area contributed by atoms with Crippen LogP contribution in [0.4, 0.5) is 22.0 Å². The molecule has 0 spiro atoms. The lowest BCUT2D eigenvalue weighted by Crippen LogP contribution is -2.34. The number of aryl methyl sites for hydroxylation is 1. The maximum Gasteiger partial charge on any atom is 0.411 e. The predicted molar refractivity (Wildman–Crippen MR) is 73.8 cm³/mol. The number of amides is 1. The van der Waals surface area contributed by atoms with Crippen molar-refractivity contribution in [1.29, 1.82) is 0 Å². The molecule has 1 aromatic rings. The van der Waals surface area contributed by atoms with E-state index in [0.29, 0.717) is 19.3 Å². The molecular formula is C15H16F5NO3. The summed E-state index contributed by atoms with van der Waals surface area (Å²) in [6, 6.07) is 4.04. The molecule has 0 saturated carbocycles. The Morgan fingerprint density at radius 1 is 1.33 bits per heavy atom. The molecule has 1 amide bonds. The Morgan fingerprint density at radius 2 is 2.08 bits per heavy atom. The van der Waals surface area contributed by atoms with Crippen LogP contribution in [0.3, 0.4) is 0 Å². The molecule has 1 aliphatic rings. The normalized spacial score (nSPS) is 17.5. The van der Waals surface area contributed by atoms with E-state index < -0.39 is 38.0 Å². The van der Waals surface area contributed by atoms with E-state index in [0.717, 1.165) is 11.1 Å². The summed E-state index contributed by atoms with van der Waals surface area (Å²) in [6.45, 7) is -5.11. The van der Waals surface area contributed by atoms with Crippen molar-refractivity contribution in [3.63, 3.8) is 0 Å². The quantitative estimate of drug-likeness (QED) is 0.798. The number of hydrogen-bond acceptors (Lipinski definition) is 3. The highest BCUT2D eigenvalue weighted by Crippen LogP contribution is 2.32. The molecule has 0 unspecified atom stereocenters. The van der Waals surface area contributed by atoms with Gasteiger partial charge in [-0.05, 0) is 42.5 Å². The number of fused-ring (bicyclic) bond motifs is 1. The lowest BCUT2D eigenvalue weighted by Gasteiger charge is -2.27. The minimum absolute atomic E-state index is 0.0317. The molecular weight excluding hydrogens is 337 g/mol. The number of alkyl halides is 5. The molecule has 0 radical (unpaired) electrons. The van der Waals surface area contributed by atoms with Crippen molar-refractivity contribution in [2.24, 2.45) is 0 Å². The summed E-state index contributed by atoms with van der Waals surface area (Å²) in [5.74, 6) is -0.630. The van der Waals surface area contributed by atoms with Gasteiger partial charge in [-0.2, -0.15) is 22.0 Å². The molecule has 0 heterocycles. The Bertz CT molecular complexity index is 577. The monoisotopic (exact) mass is 353 g/mol. The molecule has 0 aromatic heterocycles. The highest BCUT2D eigenvalue weighted by atomic mass is 19.4. The largest absolute Gasteiger partial charge is 0.435 e. The summed E-state index contributed by atoms with van der Waals surface area (Å²) in [7, 11) is 0. The average Bonchev–Trinajstić information content (AvgIpc) is 2.45. The van der Waals surface area contributed by atoms with E-state index in [9.17, 15) is 26.7 Å². The number of carbonyl (C=O) groups excluding carboxylic acids is 1. The summed E-state index contributed by atoms with van der Waals surface area (Å²) >= 11 is 0. The highest BCUT2D eigenvalue weighted by molar-refractivity contribution is 5.77. The number of halogens is 5. The van der Waals surface area contributed by atoms with Gasteiger partial charge in [0, 0.05) is 0 Å². The summed E-state index contributed by atoms with van der Waals surface area (Å²) in [5, 5.41) is 2.60. The Balaban J connectivity index is 1.95. The molecule has 0 saturated heterocycles. The zero-order valence-electron chi connectivity index (χ0n) is 12.5. The first-order valence-corrected chi connectivity index (χ1v) is 7.26. The van der Waals surface area contributed by atoms with E-state index in [-0.39, 0.29) is 5.75 Å². The van der Waals surface area contributed by atoms with Crippen molar-refractivity contribution >= 4 is 5.91 Å². The van der Waals surface area contributed by atoms with Gasteiger partial charge in [-0.3, -0.25) is 4.79 Å². The molecule has 0 bridgehead atoms. The molecule has 2 rings (SSSR count). The van der Waals surface area contributed by atoms with Gasteiger partial charge in [0.05, 0.1) is 6.04 Å². The molecule has 0 fully saturated rings. The van der Waals surface area contributed by atoms with Gasteiger partial charge < -0.3 is 14.8 Å². The highest BCUT2D eigenvalue weighted by Gasteiger charge is 2.28. The fraction of sp³-hybridized carbons (Fsp3) is 0.533. The Kier molecular flexibility index (Phi) is 5.98. The Morgan fingerprint density at radius 3 is 2.75 bits per heavy atom. The number of hydrogen-bond donors (Lipinski definition) is 1. The second kappa shape index (κ2) is 7.78. The van der Waals surface area contributed by atoms with E-state index in [2.05, 4.69) is 14.8 Å². The van der Waals surface area contributed by atoms with Crippen LogP contribution in [0.2, 0.25) is 0 Å². The van der Waals surface area contributed by atoms with Crippen molar-refractivity contribution in [1.82, 2.24) is 5.32 Å². The lowest BCUT2D eigenvalue weighted by atomic mass is 9.87. The van der Waals surface area contributed by atoms with Crippen molar-refractivity contribution in [3.05, 3.63) is 29.3 Å². The molecule has 134 valence electrons. The third-order valence-corrected chi connectivity index (χ3v) is 3.49. The van der Waals surface area contributed by atoms with Gasteiger partial charge in [0.2, 0.25) is 5.91 Å². The first-order valence-electron chi connectivity index (χ1n) is 7.26. The standard InChI is InChI=1S/C15H16F5NO3/c16-14(17)24-10-4-5-11-9(6-10)2-1-3-12(11)21-13(22)7-23-8-15(18,19)20/h4-6,12,14H,1-3,7-8H2,(H,21,22)/t12-/m0/s1. The summed E-state index contributed by atoms with van der Waals surface area (Å²) in [5.41, 5.74) is 1.51. The van der Waals surface area contributed by atoms with E-state index >= 15 is 0 Å². The smallest absolute Gasteiger partial charge is 0.411 e. The SMILES string of the molecule is O=C(COCC(F)(F)F)N[C@H]1CCCc2cc(OC(F)F)ccc21. The maximum absolute atomic E-state index is 12.2. The number of benzene rings is 1. The second-order valence-electron chi connectivity index (χ2n) is 5.36. The maximum atomic E-state index is 12.2. The molecule has 1 atom stereocenters. The van der Waals surface area contributed by atoms with Gasteiger partial charge >= 0.3 is 12.8 Å². The van der Waals surface area contributed by atoms with Gasteiger partial charge in [0.1, 0.15) is 19.0 Å². The van der Waals surface area contributed by atoms with Crippen molar-refractivity contribution < 1.29 is 36.2 Å². The van der Waals surface area contributed by atoms with Crippen LogP contribution in [-0.2, 0) is 16.0 Å². The van der Waals surface area contributed by atoms with Crippen LogP contribution in [0.15, 0.2) is 18.2 Å². The molecule has 9 heteroatoms. The van der Waals surface area contributed by atoms with E-state index in [1.165, 1.54) is 12.1 Å². The second-order valence-corrected chi connectivity index (χ2v) is 5.36. The van der Waals surface area contributed by atoms with Gasteiger partial charge in [-0.25, -0.2) is 0 Å². The number of rotatable bonds is 6. The Hall–Kier alpha value is -1.90. The van der Waals surface area contributed by atoms with Crippen LogP contribution in [-0.4, -0.2) is 31.9 Å². The molecule has 1 aromatic carbocycles. The van der Waals surface area contributed by atoms with E-state index in [1.807, 2.05) is 0 Å². The summed E-state index contributed by atoms with van der Waals surface area (Å²) in [6.07, 6.45) is -2.53. The topological polar surface area (TPSA) is 47.6 Å². The summed E-state index contributed by atoms with van der Waals surface area (Å²) < 4.78 is 69.0. The van der Waals surface area contributed by atoms with Gasteiger partial charge in [-0.1, -0.05) is 6.07 Å². The predicted octanol–water partition coefficient (Wildman–Crippen LogP) is 3.36. The fourth-order valence-electron chi connectivity index (χ4n) is 2.61. The van der Waals surface area contributed by atoms with Crippen LogP contribution in [0.5, 0.6) is 5.75 Å². The zero-order chi connectivity index (χ0) is 17.7. The van der Waals surface area contributed by atoms with E-state index in [1.54, 1.807) is 6.07 Å². The van der Waals surface area contributed by atoms with Crippen LogP contribution >= 0.6 is 0 Å². The lowest BCUT2D eigenvalue weighted by molar-refractivity contribution is -0.175. The molecule has 1 aliphatic carbocycles. The third-order valence-electron chi connectivity index (χ3n) is 3.49. The van der Waals surface area contributed by atoms with Gasteiger partial charge in [0.15, 0.2) is 0 Å². The molecule has 1 N–H and O–H groups in total. The average molecular weight is 353 g/mol. The van der Waals surface area contributed by atoms with Crippen LogP contribution in [0.1, 0.15) is 30.0 Å². The fourth-order valence-corrected chi connectivity index (χ4v) is 2.61.